The van der Waals surface area contributed by atoms with Crippen LogP contribution in [0, 0.1) is 5.92 Å². The minimum atomic E-state index is -0.361. The molecule has 0 unspecified atom stereocenters. The largest absolute Gasteiger partial charge is 0.493 e. The van der Waals surface area contributed by atoms with Crippen molar-refractivity contribution < 1.29 is 28.7 Å². The van der Waals surface area contributed by atoms with E-state index in [1.165, 1.54) is 18.1 Å². The lowest BCUT2D eigenvalue weighted by atomic mass is 10.0. The number of carbonyl (C=O) groups is 4. The molecule has 0 aliphatic carbocycles. The minimum absolute atomic E-state index is 0.102. The summed E-state index contributed by atoms with van der Waals surface area (Å²) >= 11 is 0. The lowest BCUT2D eigenvalue weighted by molar-refractivity contribution is 0.0634. The Bertz CT molecular complexity index is 1200. The molecule has 0 atom stereocenters. The van der Waals surface area contributed by atoms with Gasteiger partial charge in [-0.15, -0.1) is 0 Å². The SMILES string of the molecule is COc1ccc(C(=O)N2CCC(NC(=O)c3ccc4c(c3)C(=O)N(CC(C)C)C4=O)CC2)cc1OC. The number of piperidine rings is 1. The van der Waals surface area contributed by atoms with Gasteiger partial charge in [0.1, 0.15) is 0 Å². The van der Waals surface area contributed by atoms with Crippen LogP contribution in [0.2, 0.25) is 0 Å². The Hall–Kier alpha value is -3.88. The molecule has 1 saturated heterocycles. The number of ether oxygens (including phenoxy) is 2. The fraction of sp³-hybridized carbons (Fsp3) is 0.407. The van der Waals surface area contributed by atoms with Crippen LogP contribution in [-0.2, 0) is 0 Å². The molecule has 0 spiro atoms. The highest BCUT2D eigenvalue weighted by Gasteiger charge is 2.36. The molecule has 4 rings (SSSR count). The van der Waals surface area contributed by atoms with Gasteiger partial charge in [-0.2, -0.15) is 0 Å². The quantitative estimate of drug-likeness (QED) is 0.595. The first-order valence-corrected chi connectivity index (χ1v) is 12.1. The van der Waals surface area contributed by atoms with Crippen LogP contribution in [0.3, 0.4) is 0 Å². The number of benzene rings is 2. The number of amides is 4. The average Bonchev–Trinajstić information content (AvgIpc) is 3.12. The van der Waals surface area contributed by atoms with Crippen LogP contribution in [0.5, 0.6) is 11.5 Å². The van der Waals surface area contributed by atoms with Crippen LogP contribution in [-0.4, -0.2) is 73.3 Å². The molecule has 2 aliphatic heterocycles. The van der Waals surface area contributed by atoms with Gasteiger partial charge in [0, 0.05) is 36.8 Å². The molecule has 2 heterocycles. The first-order valence-electron chi connectivity index (χ1n) is 12.1. The van der Waals surface area contributed by atoms with Gasteiger partial charge in [0.15, 0.2) is 11.5 Å². The van der Waals surface area contributed by atoms with Crippen LogP contribution in [0.4, 0.5) is 0 Å². The molecule has 190 valence electrons. The van der Waals surface area contributed by atoms with Crippen LogP contribution in [0.15, 0.2) is 36.4 Å². The van der Waals surface area contributed by atoms with Gasteiger partial charge in [0.2, 0.25) is 0 Å². The highest BCUT2D eigenvalue weighted by Crippen LogP contribution is 2.29. The summed E-state index contributed by atoms with van der Waals surface area (Å²) in [7, 11) is 3.07. The third-order valence-electron chi connectivity index (χ3n) is 6.53. The highest BCUT2D eigenvalue weighted by molar-refractivity contribution is 6.22. The summed E-state index contributed by atoms with van der Waals surface area (Å²) in [4.78, 5) is 54.1. The van der Waals surface area contributed by atoms with Crippen molar-refractivity contribution in [1.29, 1.82) is 0 Å². The van der Waals surface area contributed by atoms with Crippen LogP contribution >= 0.6 is 0 Å². The van der Waals surface area contributed by atoms with Crippen molar-refractivity contribution >= 4 is 23.6 Å². The third-order valence-corrected chi connectivity index (χ3v) is 6.53. The maximum Gasteiger partial charge on any atom is 0.261 e. The lowest BCUT2D eigenvalue weighted by Gasteiger charge is -2.32. The number of imide groups is 1. The molecule has 0 saturated carbocycles. The third kappa shape index (κ3) is 4.91. The lowest BCUT2D eigenvalue weighted by Crippen LogP contribution is -2.46. The number of hydrogen-bond acceptors (Lipinski definition) is 6. The molecule has 2 aromatic rings. The Morgan fingerprint density at radius 1 is 0.917 bits per heavy atom. The first kappa shape index (κ1) is 25.2. The molecule has 9 heteroatoms. The second-order valence-electron chi connectivity index (χ2n) is 9.48. The maximum absolute atomic E-state index is 13.0. The van der Waals surface area contributed by atoms with Crippen molar-refractivity contribution in [3.63, 3.8) is 0 Å². The standard InChI is InChI=1S/C27H31N3O6/c1-16(2)15-30-26(33)20-7-5-17(13-21(20)27(30)34)24(31)28-19-9-11-29(12-10-19)25(32)18-6-8-22(35-3)23(14-18)36-4/h5-8,13-14,16,19H,9-12,15H2,1-4H3,(H,28,31). The van der Waals surface area contributed by atoms with E-state index in [0.717, 1.165) is 0 Å². The number of nitrogens with one attached hydrogen (secondary N) is 1. The van der Waals surface area contributed by atoms with E-state index in [-0.39, 0.29) is 41.2 Å². The molecule has 36 heavy (non-hydrogen) atoms. The van der Waals surface area contributed by atoms with Gasteiger partial charge >= 0.3 is 0 Å². The summed E-state index contributed by atoms with van der Waals surface area (Å²) in [6.07, 6.45) is 1.21. The van der Waals surface area contributed by atoms with Gasteiger partial charge in [0.25, 0.3) is 23.6 Å². The zero-order chi connectivity index (χ0) is 26.0. The van der Waals surface area contributed by atoms with Gasteiger partial charge in [0.05, 0.1) is 25.3 Å². The fourth-order valence-electron chi connectivity index (χ4n) is 4.61. The second kappa shape index (κ2) is 10.4. The Morgan fingerprint density at radius 3 is 2.19 bits per heavy atom. The minimum Gasteiger partial charge on any atom is -0.493 e. The van der Waals surface area contributed by atoms with E-state index in [2.05, 4.69) is 5.32 Å². The van der Waals surface area contributed by atoms with Crippen molar-refractivity contribution in [2.45, 2.75) is 32.7 Å². The number of fused-ring (bicyclic) bond motifs is 1. The summed E-state index contributed by atoms with van der Waals surface area (Å²) in [6.45, 7) is 5.22. The average molecular weight is 494 g/mol. The molecule has 2 aromatic carbocycles. The predicted molar refractivity (Wildman–Crippen MR) is 133 cm³/mol. The Morgan fingerprint density at radius 2 is 1.56 bits per heavy atom. The summed E-state index contributed by atoms with van der Waals surface area (Å²) in [5.74, 6) is 0.119. The number of methoxy groups -OCH3 is 2. The normalized spacial score (nSPS) is 15.8. The van der Waals surface area contributed by atoms with Gasteiger partial charge in [-0.3, -0.25) is 24.1 Å². The molecule has 2 aliphatic rings. The zero-order valence-electron chi connectivity index (χ0n) is 21.0. The van der Waals surface area contributed by atoms with Crippen LogP contribution in [0.25, 0.3) is 0 Å². The Labute approximate surface area is 210 Å². The molecule has 9 nitrogen and oxygen atoms in total. The molecule has 0 aromatic heterocycles. The van der Waals surface area contributed by atoms with Crippen LogP contribution < -0.4 is 14.8 Å². The smallest absolute Gasteiger partial charge is 0.261 e. The summed E-state index contributed by atoms with van der Waals surface area (Å²) < 4.78 is 10.5. The topological polar surface area (TPSA) is 105 Å². The molecular formula is C27H31N3O6. The van der Waals surface area contributed by atoms with E-state index in [1.807, 2.05) is 13.8 Å². The van der Waals surface area contributed by atoms with Crippen molar-refractivity contribution in [2.24, 2.45) is 5.92 Å². The van der Waals surface area contributed by atoms with Crippen molar-refractivity contribution in [1.82, 2.24) is 15.1 Å². The van der Waals surface area contributed by atoms with Crippen molar-refractivity contribution in [3.05, 3.63) is 58.7 Å². The number of carbonyl (C=O) groups excluding carboxylic acids is 4. The van der Waals surface area contributed by atoms with E-state index >= 15 is 0 Å². The summed E-state index contributed by atoms with van der Waals surface area (Å²) in [5, 5.41) is 3.01. The van der Waals surface area contributed by atoms with E-state index in [9.17, 15) is 19.2 Å². The van der Waals surface area contributed by atoms with Crippen molar-refractivity contribution in [2.75, 3.05) is 33.9 Å². The molecule has 1 N–H and O–H groups in total. The van der Waals surface area contributed by atoms with Crippen LogP contribution in [0.1, 0.15) is 68.1 Å². The van der Waals surface area contributed by atoms with Gasteiger partial charge < -0.3 is 19.7 Å². The van der Waals surface area contributed by atoms with Gasteiger partial charge in [-0.25, -0.2) is 0 Å². The number of rotatable bonds is 7. The Balaban J connectivity index is 1.36. The van der Waals surface area contributed by atoms with E-state index in [0.29, 0.717) is 60.7 Å². The molecule has 0 bridgehead atoms. The summed E-state index contributed by atoms with van der Waals surface area (Å²) in [5.41, 5.74) is 1.45. The highest BCUT2D eigenvalue weighted by atomic mass is 16.5. The molecule has 4 amide bonds. The monoisotopic (exact) mass is 493 g/mol. The number of likely N-dealkylation sites (tertiary alicyclic amines) is 1. The van der Waals surface area contributed by atoms with E-state index in [4.69, 9.17) is 9.47 Å². The van der Waals surface area contributed by atoms with Gasteiger partial charge in [-0.05, 0) is 55.2 Å². The van der Waals surface area contributed by atoms with Crippen molar-refractivity contribution in [3.8, 4) is 11.5 Å². The van der Waals surface area contributed by atoms with E-state index < -0.39 is 0 Å². The molecule has 0 radical (unpaired) electrons. The molecule has 1 fully saturated rings. The fourth-order valence-corrected chi connectivity index (χ4v) is 4.61. The second-order valence-corrected chi connectivity index (χ2v) is 9.48. The first-order chi connectivity index (χ1) is 17.2. The van der Waals surface area contributed by atoms with Gasteiger partial charge in [-0.1, -0.05) is 13.8 Å². The zero-order valence-corrected chi connectivity index (χ0v) is 21.0. The summed E-state index contributed by atoms with van der Waals surface area (Å²) in [6, 6.07) is 9.60. The number of nitrogens with zero attached hydrogens (tertiary/aromatic N) is 2. The van der Waals surface area contributed by atoms with E-state index in [1.54, 1.807) is 42.3 Å². The Kier molecular flexibility index (Phi) is 7.28. The number of hydrogen-bond donors (Lipinski definition) is 1. The predicted octanol–water partition coefficient (Wildman–Crippen LogP) is 2.99. The maximum atomic E-state index is 13.0. The molecular weight excluding hydrogens is 462 g/mol.